The van der Waals surface area contributed by atoms with Crippen molar-refractivity contribution in [1.29, 1.82) is 0 Å². The zero-order valence-electron chi connectivity index (χ0n) is 21.5. The van der Waals surface area contributed by atoms with Gasteiger partial charge in [-0.3, -0.25) is 4.79 Å². The third kappa shape index (κ3) is 6.53. The minimum Gasteiger partial charge on any atom is -0.493 e. The van der Waals surface area contributed by atoms with Crippen molar-refractivity contribution in [3.05, 3.63) is 71.5 Å². The Balaban J connectivity index is 1.72. The molecule has 4 rings (SSSR count). The molecule has 196 valence electrons. The van der Waals surface area contributed by atoms with Gasteiger partial charge in [0.1, 0.15) is 11.6 Å². The van der Waals surface area contributed by atoms with Gasteiger partial charge in [0.05, 0.1) is 23.6 Å². The molecular weight excluding hydrogens is 493 g/mol. The molecule has 1 aliphatic rings. The van der Waals surface area contributed by atoms with Crippen LogP contribution in [0.2, 0.25) is 0 Å². The van der Waals surface area contributed by atoms with E-state index in [1.54, 1.807) is 12.1 Å². The Morgan fingerprint density at radius 3 is 2.51 bits per heavy atom. The SMILES string of the molecule is Cc1ccc(-c2nc(-c3cc(F)cc(OCC(C)C)c3)ccc2C(=O)NS(=O)(=O)N2CCC(C)C2)cc1. The number of ether oxygens (including phenoxy) is 1. The van der Waals surface area contributed by atoms with Crippen LogP contribution in [0.4, 0.5) is 4.39 Å². The largest absolute Gasteiger partial charge is 0.493 e. The minimum atomic E-state index is -3.99. The Morgan fingerprint density at radius 2 is 1.86 bits per heavy atom. The zero-order chi connectivity index (χ0) is 26.7. The van der Waals surface area contributed by atoms with Crippen molar-refractivity contribution < 1.29 is 22.3 Å². The smallest absolute Gasteiger partial charge is 0.304 e. The molecule has 1 amide bonds. The molecule has 0 bridgehead atoms. The van der Waals surface area contributed by atoms with Crippen molar-refractivity contribution in [3.63, 3.8) is 0 Å². The van der Waals surface area contributed by atoms with Crippen molar-refractivity contribution in [2.75, 3.05) is 19.7 Å². The second kappa shape index (κ2) is 11.0. The molecule has 9 heteroatoms. The fraction of sp³-hybridized carbons (Fsp3) is 0.357. The lowest BCUT2D eigenvalue weighted by Gasteiger charge is -2.18. The number of aromatic nitrogens is 1. The third-order valence-corrected chi connectivity index (χ3v) is 7.62. The molecule has 0 spiro atoms. The molecule has 2 heterocycles. The van der Waals surface area contributed by atoms with Gasteiger partial charge in [-0.1, -0.05) is 50.6 Å². The highest BCUT2D eigenvalue weighted by molar-refractivity contribution is 7.87. The molecule has 0 radical (unpaired) electrons. The third-order valence-electron chi connectivity index (χ3n) is 6.16. The van der Waals surface area contributed by atoms with Crippen molar-refractivity contribution in [3.8, 4) is 28.3 Å². The molecule has 0 saturated carbocycles. The highest BCUT2D eigenvalue weighted by atomic mass is 32.2. The lowest BCUT2D eigenvalue weighted by molar-refractivity contribution is 0.0979. The maximum atomic E-state index is 14.4. The summed E-state index contributed by atoms with van der Waals surface area (Å²) >= 11 is 0. The summed E-state index contributed by atoms with van der Waals surface area (Å²) < 4.78 is 49.3. The lowest BCUT2D eigenvalue weighted by atomic mass is 10.0. The number of nitrogens with zero attached hydrogens (tertiary/aromatic N) is 2. The Labute approximate surface area is 217 Å². The molecule has 1 fully saturated rings. The van der Waals surface area contributed by atoms with Gasteiger partial charge in [0.2, 0.25) is 0 Å². The van der Waals surface area contributed by atoms with Crippen LogP contribution in [0.15, 0.2) is 54.6 Å². The second-order valence-corrected chi connectivity index (χ2v) is 11.7. The number of amides is 1. The quantitative estimate of drug-likeness (QED) is 0.436. The lowest BCUT2D eigenvalue weighted by Crippen LogP contribution is -2.42. The summed E-state index contributed by atoms with van der Waals surface area (Å²) in [6.45, 7) is 9.09. The van der Waals surface area contributed by atoms with E-state index in [0.29, 0.717) is 48.0 Å². The van der Waals surface area contributed by atoms with E-state index in [1.165, 1.54) is 22.5 Å². The number of rotatable bonds is 8. The number of hydrogen-bond donors (Lipinski definition) is 1. The molecule has 1 aliphatic heterocycles. The van der Waals surface area contributed by atoms with Gasteiger partial charge in [0.15, 0.2) is 0 Å². The van der Waals surface area contributed by atoms with Crippen molar-refractivity contribution in [2.24, 2.45) is 11.8 Å². The average molecular weight is 526 g/mol. The van der Waals surface area contributed by atoms with Crippen LogP contribution in [-0.4, -0.2) is 43.3 Å². The van der Waals surface area contributed by atoms with Crippen LogP contribution in [-0.2, 0) is 10.2 Å². The minimum absolute atomic E-state index is 0.108. The van der Waals surface area contributed by atoms with Gasteiger partial charge in [-0.05, 0) is 49.4 Å². The molecule has 1 aromatic heterocycles. The summed E-state index contributed by atoms with van der Waals surface area (Å²) in [5.74, 6) is -0.348. The number of hydrogen-bond acceptors (Lipinski definition) is 5. The van der Waals surface area contributed by atoms with E-state index < -0.39 is 21.9 Å². The normalized spacial score (nSPS) is 16.2. The predicted octanol–water partition coefficient (Wildman–Crippen LogP) is 5.21. The molecule has 1 unspecified atom stereocenters. The first-order valence-electron chi connectivity index (χ1n) is 12.4. The van der Waals surface area contributed by atoms with E-state index in [4.69, 9.17) is 4.74 Å². The second-order valence-electron chi connectivity index (χ2n) is 10.0. The highest BCUT2D eigenvalue weighted by Crippen LogP contribution is 2.30. The molecule has 7 nitrogen and oxygen atoms in total. The van der Waals surface area contributed by atoms with Crippen molar-refractivity contribution in [1.82, 2.24) is 14.0 Å². The molecular formula is C28H32FN3O4S. The van der Waals surface area contributed by atoms with Gasteiger partial charge in [-0.15, -0.1) is 0 Å². The maximum Gasteiger partial charge on any atom is 0.304 e. The zero-order valence-corrected chi connectivity index (χ0v) is 22.3. The summed E-state index contributed by atoms with van der Waals surface area (Å²) in [4.78, 5) is 17.9. The number of benzene rings is 2. The maximum absolute atomic E-state index is 14.4. The van der Waals surface area contributed by atoms with Gasteiger partial charge in [-0.2, -0.15) is 12.7 Å². The summed E-state index contributed by atoms with van der Waals surface area (Å²) in [6.07, 6.45) is 0.747. The Morgan fingerprint density at radius 1 is 1.14 bits per heavy atom. The summed E-state index contributed by atoms with van der Waals surface area (Å²) in [5, 5.41) is 0. The van der Waals surface area contributed by atoms with E-state index in [0.717, 1.165) is 12.0 Å². The van der Waals surface area contributed by atoms with Crippen LogP contribution in [0, 0.1) is 24.6 Å². The van der Waals surface area contributed by atoms with E-state index in [9.17, 15) is 17.6 Å². The summed E-state index contributed by atoms with van der Waals surface area (Å²) in [6, 6.07) is 14.9. The fourth-order valence-corrected chi connectivity index (χ4v) is 5.41. The van der Waals surface area contributed by atoms with E-state index in [-0.39, 0.29) is 17.4 Å². The number of nitrogens with one attached hydrogen (secondary N) is 1. The first-order chi connectivity index (χ1) is 17.5. The summed E-state index contributed by atoms with van der Waals surface area (Å²) in [5.41, 5.74) is 2.98. The first kappa shape index (κ1) is 26.8. The summed E-state index contributed by atoms with van der Waals surface area (Å²) in [7, 11) is -3.99. The molecule has 1 N–H and O–H groups in total. The first-order valence-corrected chi connectivity index (χ1v) is 13.8. The van der Waals surface area contributed by atoms with Crippen LogP contribution in [0.25, 0.3) is 22.5 Å². The molecule has 0 aliphatic carbocycles. The van der Waals surface area contributed by atoms with Crippen LogP contribution >= 0.6 is 0 Å². The number of aryl methyl sites for hydroxylation is 1. The number of carbonyl (C=O) groups excluding carboxylic acids is 1. The van der Waals surface area contributed by atoms with Gasteiger partial charge >= 0.3 is 10.2 Å². The van der Waals surface area contributed by atoms with Crippen LogP contribution in [0.3, 0.4) is 0 Å². The number of carbonyl (C=O) groups is 1. The van der Waals surface area contributed by atoms with Gasteiger partial charge in [0.25, 0.3) is 5.91 Å². The highest BCUT2D eigenvalue weighted by Gasteiger charge is 2.31. The molecule has 37 heavy (non-hydrogen) atoms. The number of halogens is 1. The van der Waals surface area contributed by atoms with Gasteiger partial charge in [-0.25, -0.2) is 14.1 Å². The van der Waals surface area contributed by atoms with Crippen LogP contribution in [0.1, 0.15) is 43.1 Å². The fourth-order valence-electron chi connectivity index (χ4n) is 4.14. The average Bonchev–Trinajstić information content (AvgIpc) is 3.29. The van der Waals surface area contributed by atoms with Crippen LogP contribution in [0.5, 0.6) is 5.75 Å². The van der Waals surface area contributed by atoms with Gasteiger partial charge in [0, 0.05) is 30.3 Å². The number of pyridine rings is 1. The molecule has 3 aromatic rings. The van der Waals surface area contributed by atoms with E-state index in [1.807, 2.05) is 52.0 Å². The van der Waals surface area contributed by atoms with Crippen molar-refractivity contribution >= 4 is 16.1 Å². The Kier molecular flexibility index (Phi) is 7.94. The standard InChI is InChI=1S/C28H32FN3O4S/c1-18(2)17-36-24-14-22(13-23(29)15-24)26-10-9-25(27(30-26)21-7-5-19(3)6-8-21)28(33)31-37(34,35)32-12-11-20(4)16-32/h5-10,13-15,18,20H,11-12,16-17H2,1-4H3,(H,31,33). The topological polar surface area (TPSA) is 88.6 Å². The van der Waals surface area contributed by atoms with Crippen molar-refractivity contribution in [2.45, 2.75) is 34.1 Å². The Hall–Kier alpha value is -3.30. The molecule has 1 saturated heterocycles. The molecule has 2 aromatic carbocycles. The van der Waals surface area contributed by atoms with Gasteiger partial charge < -0.3 is 4.74 Å². The van der Waals surface area contributed by atoms with E-state index >= 15 is 0 Å². The Bertz CT molecular complexity index is 1390. The molecule has 1 atom stereocenters. The monoisotopic (exact) mass is 525 g/mol. The van der Waals surface area contributed by atoms with Crippen LogP contribution < -0.4 is 9.46 Å². The van der Waals surface area contributed by atoms with E-state index in [2.05, 4.69) is 9.71 Å². The predicted molar refractivity (Wildman–Crippen MR) is 142 cm³/mol.